The summed E-state index contributed by atoms with van der Waals surface area (Å²) >= 11 is 5.58. The summed E-state index contributed by atoms with van der Waals surface area (Å²) in [5.74, 6) is 0.320. The van der Waals surface area contributed by atoms with E-state index in [4.69, 9.17) is 11.6 Å². The molecule has 0 atom stereocenters. The van der Waals surface area contributed by atoms with Crippen LogP contribution in [0.5, 0.6) is 0 Å². The Morgan fingerprint density at radius 3 is 2.56 bits per heavy atom. The van der Waals surface area contributed by atoms with E-state index in [1.165, 1.54) is 12.4 Å². The monoisotopic (exact) mass is 241 g/mol. The minimum Gasteiger partial charge on any atom is -0.350 e. The molecular formula is C11H16ClN3O. The lowest BCUT2D eigenvalue weighted by Crippen LogP contribution is -2.29. The first-order valence-electron chi connectivity index (χ1n) is 5.43. The van der Waals surface area contributed by atoms with Gasteiger partial charge in [-0.3, -0.25) is 4.79 Å². The molecule has 0 saturated heterocycles. The third kappa shape index (κ3) is 3.77. The highest BCUT2D eigenvalue weighted by atomic mass is 35.5. The maximum absolute atomic E-state index is 11.6. The first kappa shape index (κ1) is 12.9. The van der Waals surface area contributed by atoms with Gasteiger partial charge in [0.1, 0.15) is 10.8 Å². The zero-order valence-electron chi connectivity index (χ0n) is 9.53. The van der Waals surface area contributed by atoms with Crippen molar-refractivity contribution in [2.45, 2.75) is 26.7 Å². The second kappa shape index (κ2) is 6.43. The molecule has 0 unspecified atom stereocenters. The van der Waals surface area contributed by atoms with E-state index < -0.39 is 0 Å². The second-order valence-electron chi connectivity index (χ2n) is 3.62. The van der Waals surface area contributed by atoms with Gasteiger partial charge in [0, 0.05) is 6.54 Å². The van der Waals surface area contributed by atoms with E-state index in [-0.39, 0.29) is 11.1 Å². The van der Waals surface area contributed by atoms with Crippen LogP contribution in [0.15, 0.2) is 12.4 Å². The number of carbonyl (C=O) groups excluding carboxylic acids is 1. The van der Waals surface area contributed by atoms with Crippen LogP contribution in [-0.4, -0.2) is 22.4 Å². The van der Waals surface area contributed by atoms with Crippen molar-refractivity contribution < 1.29 is 4.79 Å². The van der Waals surface area contributed by atoms with Gasteiger partial charge >= 0.3 is 0 Å². The van der Waals surface area contributed by atoms with Gasteiger partial charge in [-0.05, 0) is 5.92 Å². The zero-order valence-corrected chi connectivity index (χ0v) is 10.3. The standard InChI is InChI=1S/C11H16ClN3O/c1-3-8(4-2)5-15-11(16)9-6-14-10(12)7-13-9/h6-8H,3-5H2,1-2H3,(H,15,16). The average Bonchev–Trinajstić information content (AvgIpc) is 2.31. The number of halogens is 1. The van der Waals surface area contributed by atoms with Crippen LogP contribution >= 0.6 is 11.6 Å². The highest BCUT2D eigenvalue weighted by Gasteiger charge is 2.09. The van der Waals surface area contributed by atoms with Crippen molar-refractivity contribution in [2.24, 2.45) is 5.92 Å². The molecule has 0 saturated carbocycles. The van der Waals surface area contributed by atoms with Crippen molar-refractivity contribution in [3.05, 3.63) is 23.2 Å². The summed E-state index contributed by atoms with van der Waals surface area (Å²) in [5.41, 5.74) is 0.301. The maximum Gasteiger partial charge on any atom is 0.271 e. The van der Waals surface area contributed by atoms with Crippen molar-refractivity contribution in [3.8, 4) is 0 Å². The topological polar surface area (TPSA) is 54.9 Å². The van der Waals surface area contributed by atoms with Crippen LogP contribution in [0.3, 0.4) is 0 Å². The molecule has 0 fully saturated rings. The van der Waals surface area contributed by atoms with Gasteiger partial charge in [0.2, 0.25) is 0 Å². The molecule has 0 aliphatic heterocycles. The molecule has 1 rings (SSSR count). The molecule has 0 aliphatic rings. The first-order chi connectivity index (χ1) is 7.67. The van der Waals surface area contributed by atoms with Gasteiger partial charge in [-0.1, -0.05) is 38.3 Å². The largest absolute Gasteiger partial charge is 0.350 e. The van der Waals surface area contributed by atoms with Crippen LogP contribution in [0.4, 0.5) is 0 Å². The lowest BCUT2D eigenvalue weighted by atomic mass is 10.0. The van der Waals surface area contributed by atoms with Gasteiger partial charge in [0.25, 0.3) is 5.91 Å². The number of carbonyl (C=O) groups is 1. The molecule has 0 radical (unpaired) electrons. The van der Waals surface area contributed by atoms with E-state index in [1.54, 1.807) is 0 Å². The summed E-state index contributed by atoms with van der Waals surface area (Å²) in [6.45, 7) is 4.90. The second-order valence-corrected chi connectivity index (χ2v) is 4.00. The number of hydrogen-bond donors (Lipinski definition) is 1. The summed E-state index contributed by atoms with van der Waals surface area (Å²) in [5, 5.41) is 3.12. The summed E-state index contributed by atoms with van der Waals surface area (Å²) < 4.78 is 0. The van der Waals surface area contributed by atoms with Gasteiger partial charge in [-0.2, -0.15) is 0 Å². The van der Waals surface area contributed by atoms with Crippen LogP contribution in [-0.2, 0) is 0 Å². The van der Waals surface area contributed by atoms with Crippen LogP contribution in [0.2, 0.25) is 5.15 Å². The molecule has 88 valence electrons. The van der Waals surface area contributed by atoms with Crippen molar-refractivity contribution in [1.82, 2.24) is 15.3 Å². The van der Waals surface area contributed by atoms with Crippen LogP contribution in [0, 0.1) is 5.92 Å². The molecule has 1 heterocycles. The van der Waals surface area contributed by atoms with Gasteiger partial charge < -0.3 is 5.32 Å². The van der Waals surface area contributed by atoms with Gasteiger partial charge in [-0.15, -0.1) is 0 Å². The van der Waals surface area contributed by atoms with Crippen molar-refractivity contribution >= 4 is 17.5 Å². The van der Waals surface area contributed by atoms with E-state index in [0.717, 1.165) is 12.8 Å². The number of nitrogens with one attached hydrogen (secondary N) is 1. The van der Waals surface area contributed by atoms with Gasteiger partial charge in [0.05, 0.1) is 12.4 Å². The summed E-state index contributed by atoms with van der Waals surface area (Å²) in [7, 11) is 0. The van der Waals surface area contributed by atoms with Gasteiger partial charge in [0.15, 0.2) is 0 Å². The first-order valence-corrected chi connectivity index (χ1v) is 5.80. The summed E-state index contributed by atoms with van der Waals surface area (Å²) in [6, 6.07) is 0. The summed E-state index contributed by atoms with van der Waals surface area (Å²) in [6.07, 6.45) is 4.87. The molecule has 0 spiro atoms. The fourth-order valence-electron chi connectivity index (χ4n) is 1.33. The molecular weight excluding hydrogens is 226 g/mol. The minimum atomic E-state index is -0.198. The molecule has 1 amide bonds. The molecule has 1 aromatic heterocycles. The average molecular weight is 242 g/mol. The molecule has 0 aromatic carbocycles. The Labute approximate surface area is 100 Å². The SMILES string of the molecule is CCC(CC)CNC(=O)c1cnc(Cl)cn1. The fraction of sp³-hybridized carbons (Fsp3) is 0.545. The number of amides is 1. The Morgan fingerprint density at radius 1 is 1.38 bits per heavy atom. The predicted octanol–water partition coefficient (Wildman–Crippen LogP) is 2.30. The smallest absolute Gasteiger partial charge is 0.271 e. The highest BCUT2D eigenvalue weighted by molar-refractivity contribution is 6.29. The normalized spacial score (nSPS) is 10.5. The van der Waals surface area contributed by atoms with Gasteiger partial charge in [-0.25, -0.2) is 9.97 Å². The van der Waals surface area contributed by atoms with Crippen LogP contribution < -0.4 is 5.32 Å². The lowest BCUT2D eigenvalue weighted by molar-refractivity contribution is 0.0941. The van der Waals surface area contributed by atoms with Crippen LogP contribution in [0.1, 0.15) is 37.2 Å². The Hall–Kier alpha value is -1.16. The van der Waals surface area contributed by atoms with E-state index in [2.05, 4.69) is 29.1 Å². The fourth-order valence-corrected chi connectivity index (χ4v) is 1.43. The molecule has 0 bridgehead atoms. The Balaban J connectivity index is 2.49. The highest BCUT2D eigenvalue weighted by Crippen LogP contribution is 2.06. The van der Waals surface area contributed by atoms with E-state index in [0.29, 0.717) is 18.2 Å². The lowest BCUT2D eigenvalue weighted by Gasteiger charge is -2.12. The minimum absolute atomic E-state index is 0.198. The van der Waals surface area contributed by atoms with E-state index in [9.17, 15) is 4.79 Å². The predicted molar refractivity (Wildman–Crippen MR) is 63.4 cm³/mol. The molecule has 1 N–H and O–H groups in total. The Bertz CT molecular complexity index is 336. The molecule has 16 heavy (non-hydrogen) atoms. The molecule has 4 nitrogen and oxygen atoms in total. The number of aromatic nitrogens is 2. The zero-order chi connectivity index (χ0) is 12.0. The van der Waals surface area contributed by atoms with E-state index >= 15 is 0 Å². The van der Waals surface area contributed by atoms with Crippen molar-refractivity contribution in [1.29, 1.82) is 0 Å². The quantitative estimate of drug-likeness (QED) is 0.861. The third-order valence-corrected chi connectivity index (χ3v) is 2.75. The van der Waals surface area contributed by atoms with E-state index in [1.807, 2.05) is 0 Å². The number of hydrogen-bond acceptors (Lipinski definition) is 3. The molecule has 0 aliphatic carbocycles. The van der Waals surface area contributed by atoms with Crippen molar-refractivity contribution in [3.63, 3.8) is 0 Å². The molecule has 5 heteroatoms. The maximum atomic E-state index is 11.6. The van der Waals surface area contributed by atoms with Crippen molar-refractivity contribution in [2.75, 3.05) is 6.54 Å². The van der Waals surface area contributed by atoms with Crippen LogP contribution in [0.25, 0.3) is 0 Å². The molecule has 1 aromatic rings. The third-order valence-electron chi connectivity index (χ3n) is 2.56. The summed E-state index contributed by atoms with van der Waals surface area (Å²) in [4.78, 5) is 19.3. The number of rotatable bonds is 5. The Morgan fingerprint density at radius 2 is 2.06 bits per heavy atom. The number of nitrogens with zero attached hydrogens (tertiary/aromatic N) is 2. The Kier molecular flexibility index (Phi) is 5.19.